The van der Waals surface area contributed by atoms with Gasteiger partial charge in [-0.3, -0.25) is 9.59 Å². The Morgan fingerprint density at radius 3 is 2.73 bits per heavy atom. The van der Waals surface area contributed by atoms with Gasteiger partial charge in [0.2, 0.25) is 0 Å². The molecular weight excluding hydrogens is 264 g/mol. The van der Waals surface area contributed by atoms with E-state index in [1.54, 1.807) is 12.1 Å². The Morgan fingerprint density at radius 2 is 2.13 bits per heavy atom. The van der Waals surface area contributed by atoms with E-state index >= 15 is 0 Å². The summed E-state index contributed by atoms with van der Waals surface area (Å²) in [4.78, 5) is 21.7. The van der Waals surface area contributed by atoms with Crippen LogP contribution in [-0.2, 0) is 4.79 Å². The highest BCUT2D eigenvalue weighted by Gasteiger charge is 2.11. The summed E-state index contributed by atoms with van der Waals surface area (Å²) in [7, 11) is 0. The first kappa shape index (κ1) is 11.5. The molecule has 0 heterocycles. The van der Waals surface area contributed by atoms with Gasteiger partial charge in [-0.2, -0.15) is 0 Å². The maximum absolute atomic E-state index is 11.4. The van der Waals surface area contributed by atoms with Crippen molar-refractivity contribution in [3.05, 3.63) is 28.2 Å². The second kappa shape index (κ2) is 4.79. The normalized spacial score (nSPS) is 9.67. The average Bonchev–Trinajstić information content (AvgIpc) is 2.18. The fourth-order valence-corrected chi connectivity index (χ4v) is 1.35. The van der Waals surface area contributed by atoms with Crippen molar-refractivity contribution in [3.8, 4) is 0 Å². The van der Waals surface area contributed by atoms with E-state index in [-0.39, 0.29) is 5.56 Å². The molecule has 0 aliphatic rings. The van der Waals surface area contributed by atoms with Gasteiger partial charge in [0.05, 0.1) is 11.3 Å². The van der Waals surface area contributed by atoms with Crippen LogP contribution in [0.2, 0.25) is 0 Å². The van der Waals surface area contributed by atoms with Crippen LogP contribution in [0.15, 0.2) is 22.7 Å². The molecule has 0 aliphatic carbocycles. The average molecular weight is 273 g/mol. The number of carboxylic acids is 1. The van der Waals surface area contributed by atoms with Crippen LogP contribution in [-0.4, -0.2) is 23.5 Å². The number of carbonyl (C=O) groups excluding carboxylic acids is 1. The quantitative estimate of drug-likeness (QED) is 0.712. The number of benzene rings is 1. The number of hydrogen-bond acceptors (Lipinski definition) is 3. The van der Waals surface area contributed by atoms with Crippen molar-refractivity contribution in [2.75, 3.05) is 12.3 Å². The van der Waals surface area contributed by atoms with E-state index in [0.29, 0.717) is 10.2 Å². The van der Waals surface area contributed by atoms with Crippen molar-refractivity contribution in [2.45, 2.75) is 0 Å². The summed E-state index contributed by atoms with van der Waals surface area (Å²) in [5.41, 5.74) is 6.18. The number of hydrogen-bond donors (Lipinski definition) is 3. The smallest absolute Gasteiger partial charge is 0.322 e. The van der Waals surface area contributed by atoms with Crippen molar-refractivity contribution >= 4 is 33.5 Å². The molecular formula is C9H9BrN2O3. The van der Waals surface area contributed by atoms with Crippen molar-refractivity contribution in [1.82, 2.24) is 5.32 Å². The van der Waals surface area contributed by atoms with E-state index in [1.807, 2.05) is 0 Å². The lowest BCUT2D eigenvalue weighted by molar-refractivity contribution is -0.135. The van der Waals surface area contributed by atoms with Crippen LogP contribution in [0.3, 0.4) is 0 Å². The molecule has 1 aromatic rings. The number of halogens is 1. The highest BCUT2D eigenvalue weighted by Crippen LogP contribution is 2.22. The number of carbonyl (C=O) groups is 2. The number of aliphatic carboxylic acids is 1. The third-order valence-corrected chi connectivity index (χ3v) is 2.39. The molecule has 0 atom stereocenters. The van der Waals surface area contributed by atoms with Crippen molar-refractivity contribution < 1.29 is 14.7 Å². The topological polar surface area (TPSA) is 92.4 Å². The first-order valence-electron chi connectivity index (χ1n) is 4.06. The Balaban J connectivity index is 2.82. The molecule has 80 valence electrons. The molecule has 0 fully saturated rings. The van der Waals surface area contributed by atoms with Gasteiger partial charge in [0.15, 0.2) is 0 Å². The molecule has 5 nitrogen and oxygen atoms in total. The fraction of sp³-hybridized carbons (Fsp3) is 0.111. The van der Waals surface area contributed by atoms with Crippen LogP contribution < -0.4 is 11.1 Å². The van der Waals surface area contributed by atoms with Crippen molar-refractivity contribution in [2.24, 2.45) is 0 Å². The minimum Gasteiger partial charge on any atom is -0.480 e. The van der Waals surface area contributed by atoms with Gasteiger partial charge in [-0.15, -0.1) is 0 Å². The van der Waals surface area contributed by atoms with E-state index in [9.17, 15) is 9.59 Å². The summed E-state index contributed by atoms with van der Waals surface area (Å²) in [6.07, 6.45) is 0. The van der Waals surface area contributed by atoms with Gasteiger partial charge in [-0.25, -0.2) is 0 Å². The zero-order chi connectivity index (χ0) is 11.4. The largest absolute Gasteiger partial charge is 0.480 e. The van der Waals surface area contributed by atoms with Crippen LogP contribution >= 0.6 is 15.9 Å². The van der Waals surface area contributed by atoms with Gasteiger partial charge in [0, 0.05) is 4.47 Å². The van der Waals surface area contributed by atoms with Gasteiger partial charge in [-0.05, 0) is 28.1 Å². The van der Waals surface area contributed by atoms with Crippen LogP contribution in [0, 0.1) is 0 Å². The second-order valence-corrected chi connectivity index (χ2v) is 3.63. The van der Waals surface area contributed by atoms with E-state index in [2.05, 4.69) is 21.2 Å². The standard InChI is InChI=1S/C9H9BrN2O3/c10-6-3-1-2-5(8(6)11)9(15)12-4-7(13)14/h1-3H,4,11H2,(H,12,15)(H,13,14). The summed E-state index contributed by atoms with van der Waals surface area (Å²) in [5.74, 6) is -1.60. The molecule has 0 saturated heterocycles. The van der Waals surface area contributed by atoms with Crippen LogP contribution in [0.4, 0.5) is 5.69 Å². The number of nitrogens with one attached hydrogen (secondary N) is 1. The molecule has 0 aromatic heterocycles. The van der Waals surface area contributed by atoms with E-state index < -0.39 is 18.4 Å². The van der Waals surface area contributed by atoms with Crippen molar-refractivity contribution in [1.29, 1.82) is 0 Å². The molecule has 1 aromatic carbocycles. The third kappa shape index (κ3) is 2.95. The monoisotopic (exact) mass is 272 g/mol. The summed E-state index contributed by atoms with van der Waals surface area (Å²) in [6, 6.07) is 4.87. The molecule has 0 aliphatic heterocycles. The van der Waals surface area contributed by atoms with Crippen LogP contribution in [0.25, 0.3) is 0 Å². The molecule has 0 spiro atoms. The van der Waals surface area contributed by atoms with Gasteiger partial charge < -0.3 is 16.2 Å². The number of carboxylic acid groups (broad SMARTS) is 1. The Morgan fingerprint density at radius 1 is 1.47 bits per heavy atom. The maximum Gasteiger partial charge on any atom is 0.322 e. The molecule has 0 bridgehead atoms. The molecule has 4 N–H and O–H groups in total. The molecule has 1 rings (SSSR count). The van der Waals surface area contributed by atoms with Gasteiger partial charge >= 0.3 is 5.97 Å². The summed E-state index contributed by atoms with van der Waals surface area (Å²) in [5, 5.41) is 10.6. The van der Waals surface area contributed by atoms with Gasteiger partial charge in [0.1, 0.15) is 6.54 Å². The number of anilines is 1. The van der Waals surface area contributed by atoms with E-state index in [0.717, 1.165) is 0 Å². The second-order valence-electron chi connectivity index (χ2n) is 2.78. The van der Waals surface area contributed by atoms with Crippen LogP contribution in [0.1, 0.15) is 10.4 Å². The minimum atomic E-state index is -1.10. The van der Waals surface area contributed by atoms with Crippen LogP contribution in [0.5, 0.6) is 0 Å². The Labute approximate surface area is 94.4 Å². The third-order valence-electron chi connectivity index (χ3n) is 1.70. The molecule has 0 radical (unpaired) electrons. The summed E-state index contributed by atoms with van der Waals surface area (Å²) >= 11 is 3.17. The van der Waals surface area contributed by atoms with E-state index in [4.69, 9.17) is 10.8 Å². The highest BCUT2D eigenvalue weighted by atomic mass is 79.9. The Hall–Kier alpha value is -1.56. The zero-order valence-corrected chi connectivity index (χ0v) is 9.24. The van der Waals surface area contributed by atoms with E-state index in [1.165, 1.54) is 6.07 Å². The maximum atomic E-state index is 11.4. The van der Waals surface area contributed by atoms with Gasteiger partial charge in [-0.1, -0.05) is 6.07 Å². The Bertz CT molecular complexity index is 406. The number of amides is 1. The van der Waals surface area contributed by atoms with Crippen molar-refractivity contribution in [3.63, 3.8) is 0 Å². The summed E-state index contributed by atoms with van der Waals surface area (Å²) < 4.78 is 0.602. The minimum absolute atomic E-state index is 0.255. The Kier molecular flexibility index (Phi) is 3.68. The molecule has 6 heteroatoms. The number of nitrogens with two attached hydrogens (primary N) is 1. The zero-order valence-electron chi connectivity index (χ0n) is 7.66. The highest BCUT2D eigenvalue weighted by molar-refractivity contribution is 9.10. The van der Waals surface area contributed by atoms with Gasteiger partial charge in [0.25, 0.3) is 5.91 Å². The predicted molar refractivity (Wildman–Crippen MR) is 58.5 cm³/mol. The fourth-order valence-electron chi connectivity index (χ4n) is 0.986. The number of rotatable bonds is 3. The number of para-hydroxylation sites is 1. The predicted octanol–water partition coefficient (Wildman–Crippen LogP) is 0.846. The molecule has 1 amide bonds. The lowest BCUT2D eigenvalue weighted by atomic mass is 10.1. The first-order valence-corrected chi connectivity index (χ1v) is 4.85. The summed E-state index contributed by atoms with van der Waals surface area (Å²) in [6.45, 7) is -0.426. The molecule has 0 unspecified atom stereocenters. The SMILES string of the molecule is Nc1c(Br)cccc1C(=O)NCC(=O)O. The lowest BCUT2D eigenvalue weighted by Crippen LogP contribution is -2.29. The molecule has 0 saturated carbocycles. The lowest BCUT2D eigenvalue weighted by Gasteiger charge is -2.06. The molecule has 15 heavy (non-hydrogen) atoms. The number of nitrogen functional groups attached to an aromatic ring is 1. The first-order chi connectivity index (χ1) is 7.02.